The maximum absolute atomic E-state index is 11.4. The number of rotatable bonds is 2. The molecule has 17 heavy (non-hydrogen) atoms. The van der Waals surface area contributed by atoms with E-state index in [0.29, 0.717) is 10.8 Å². The van der Waals surface area contributed by atoms with E-state index in [1.807, 2.05) is 0 Å². The third-order valence-corrected chi connectivity index (χ3v) is 4.05. The summed E-state index contributed by atoms with van der Waals surface area (Å²) < 4.78 is 4.67. The fourth-order valence-electron chi connectivity index (χ4n) is 2.06. The zero-order valence-corrected chi connectivity index (χ0v) is 10.9. The van der Waals surface area contributed by atoms with Crippen molar-refractivity contribution >= 4 is 28.3 Å². The number of nitrogens with zero attached hydrogens (tertiary/aromatic N) is 2. The second kappa shape index (κ2) is 4.91. The molecule has 0 radical (unpaired) electrons. The topological polar surface area (TPSA) is 68.5 Å². The van der Waals surface area contributed by atoms with Crippen LogP contribution >= 0.6 is 11.3 Å². The van der Waals surface area contributed by atoms with Crippen molar-refractivity contribution in [2.75, 3.05) is 30.8 Å². The number of piperidine rings is 1. The fourth-order valence-corrected chi connectivity index (χ4v) is 3.00. The van der Waals surface area contributed by atoms with E-state index in [1.54, 1.807) is 0 Å². The predicted molar refractivity (Wildman–Crippen MR) is 68.5 cm³/mol. The lowest BCUT2D eigenvalue weighted by molar-refractivity contribution is 0.0607. The van der Waals surface area contributed by atoms with Crippen LogP contribution in [0.25, 0.3) is 0 Å². The SMILES string of the molecule is COC(=O)c1sc(N2CCCC(C)C2)nc1N. The molecule has 5 nitrogen and oxygen atoms in total. The number of nitrogens with two attached hydrogens (primary N) is 1. The summed E-state index contributed by atoms with van der Waals surface area (Å²) in [7, 11) is 1.35. The van der Waals surface area contributed by atoms with Crippen molar-refractivity contribution in [2.24, 2.45) is 5.92 Å². The molecule has 94 valence electrons. The first-order valence-corrected chi connectivity index (χ1v) is 6.53. The smallest absolute Gasteiger partial charge is 0.351 e. The van der Waals surface area contributed by atoms with E-state index in [-0.39, 0.29) is 5.82 Å². The van der Waals surface area contributed by atoms with Crippen LogP contribution < -0.4 is 10.6 Å². The standard InChI is InChI=1S/C11H17N3O2S/c1-7-4-3-5-14(6-7)11-13-9(12)8(17-11)10(15)16-2/h7H,3-6,12H2,1-2H3. The molecule has 2 rings (SSSR count). The van der Waals surface area contributed by atoms with E-state index in [9.17, 15) is 4.79 Å². The molecule has 0 amide bonds. The molecular formula is C11H17N3O2S. The van der Waals surface area contributed by atoms with Crippen molar-refractivity contribution in [3.63, 3.8) is 0 Å². The van der Waals surface area contributed by atoms with Gasteiger partial charge in [0, 0.05) is 13.1 Å². The van der Waals surface area contributed by atoms with Crippen molar-refractivity contribution in [1.29, 1.82) is 0 Å². The van der Waals surface area contributed by atoms with Crippen LogP contribution in [0.4, 0.5) is 10.9 Å². The monoisotopic (exact) mass is 255 g/mol. The van der Waals surface area contributed by atoms with E-state index < -0.39 is 5.97 Å². The highest BCUT2D eigenvalue weighted by atomic mass is 32.1. The van der Waals surface area contributed by atoms with Crippen LogP contribution in [0.1, 0.15) is 29.4 Å². The van der Waals surface area contributed by atoms with Crippen molar-refractivity contribution in [3.8, 4) is 0 Å². The molecule has 0 bridgehead atoms. The number of aromatic nitrogens is 1. The van der Waals surface area contributed by atoms with Crippen LogP contribution in [-0.4, -0.2) is 31.2 Å². The van der Waals surface area contributed by atoms with Crippen molar-refractivity contribution in [1.82, 2.24) is 4.98 Å². The highest BCUT2D eigenvalue weighted by molar-refractivity contribution is 7.18. The zero-order valence-electron chi connectivity index (χ0n) is 10.1. The molecule has 0 aliphatic carbocycles. The van der Waals surface area contributed by atoms with E-state index >= 15 is 0 Å². The Kier molecular flexibility index (Phi) is 3.51. The Labute approximate surface area is 105 Å². The number of ether oxygens (including phenoxy) is 1. The van der Waals surface area contributed by atoms with Gasteiger partial charge in [0.25, 0.3) is 0 Å². The van der Waals surface area contributed by atoms with Crippen LogP contribution in [0.3, 0.4) is 0 Å². The number of hydrogen-bond donors (Lipinski definition) is 1. The van der Waals surface area contributed by atoms with E-state index in [0.717, 1.165) is 24.6 Å². The van der Waals surface area contributed by atoms with Crippen molar-refractivity contribution in [3.05, 3.63) is 4.88 Å². The second-order valence-corrected chi connectivity index (χ2v) is 5.37. The first-order chi connectivity index (χ1) is 8.11. The third kappa shape index (κ3) is 2.52. The Morgan fingerprint density at radius 2 is 2.41 bits per heavy atom. The summed E-state index contributed by atoms with van der Waals surface area (Å²) in [5, 5.41) is 0.828. The molecule has 1 unspecified atom stereocenters. The van der Waals surface area contributed by atoms with Gasteiger partial charge >= 0.3 is 5.97 Å². The molecule has 1 aromatic heterocycles. The van der Waals surface area contributed by atoms with Crippen LogP contribution in [0.5, 0.6) is 0 Å². The Morgan fingerprint density at radius 3 is 3.06 bits per heavy atom. The van der Waals surface area contributed by atoms with E-state index in [4.69, 9.17) is 5.73 Å². The Morgan fingerprint density at radius 1 is 1.65 bits per heavy atom. The minimum atomic E-state index is -0.406. The zero-order chi connectivity index (χ0) is 12.4. The summed E-state index contributed by atoms with van der Waals surface area (Å²) in [6, 6.07) is 0. The highest BCUT2D eigenvalue weighted by Crippen LogP contribution is 2.31. The summed E-state index contributed by atoms with van der Waals surface area (Å²) >= 11 is 1.32. The second-order valence-electron chi connectivity index (χ2n) is 4.40. The summed E-state index contributed by atoms with van der Waals surface area (Å²) in [5.74, 6) is 0.529. The average Bonchev–Trinajstić information content (AvgIpc) is 2.70. The number of carbonyl (C=O) groups is 1. The molecule has 1 saturated heterocycles. The van der Waals surface area contributed by atoms with Gasteiger partial charge in [0.15, 0.2) is 15.8 Å². The van der Waals surface area contributed by atoms with Crippen LogP contribution in [0.15, 0.2) is 0 Å². The molecule has 1 fully saturated rings. The first kappa shape index (κ1) is 12.2. The normalized spacial score (nSPS) is 20.4. The van der Waals surface area contributed by atoms with Gasteiger partial charge in [0.1, 0.15) is 0 Å². The van der Waals surface area contributed by atoms with Gasteiger partial charge in [-0.3, -0.25) is 0 Å². The molecule has 0 spiro atoms. The molecular weight excluding hydrogens is 238 g/mol. The number of esters is 1. The lowest BCUT2D eigenvalue weighted by Crippen LogP contribution is -2.34. The molecule has 1 aromatic rings. The molecule has 2 heterocycles. The average molecular weight is 255 g/mol. The molecule has 6 heteroatoms. The largest absolute Gasteiger partial charge is 0.465 e. The molecule has 0 aromatic carbocycles. The number of thiazole rings is 1. The van der Waals surface area contributed by atoms with Gasteiger partial charge in [-0.2, -0.15) is 0 Å². The van der Waals surface area contributed by atoms with Crippen LogP contribution in [-0.2, 0) is 4.74 Å². The van der Waals surface area contributed by atoms with Gasteiger partial charge in [-0.05, 0) is 18.8 Å². The summed E-state index contributed by atoms with van der Waals surface area (Å²) in [6.45, 7) is 4.19. The number of methoxy groups -OCH3 is 1. The Balaban J connectivity index is 2.19. The summed E-state index contributed by atoms with van der Waals surface area (Å²) in [4.78, 5) is 18.3. The van der Waals surface area contributed by atoms with Gasteiger partial charge in [0.2, 0.25) is 0 Å². The summed E-state index contributed by atoms with van der Waals surface area (Å²) in [6.07, 6.45) is 2.41. The van der Waals surface area contributed by atoms with Crippen LogP contribution in [0, 0.1) is 5.92 Å². The van der Waals surface area contributed by atoms with Crippen molar-refractivity contribution < 1.29 is 9.53 Å². The first-order valence-electron chi connectivity index (χ1n) is 5.71. The minimum absolute atomic E-state index is 0.273. The molecule has 1 aliphatic heterocycles. The fraction of sp³-hybridized carbons (Fsp3) is 0.636. The Bertz CT molecular complexity index is 419. The lowest BCUT2D eigenvalue weighted by Gasteiger charge is -2.30. The number of nitrogen functional groups attached to an aromatic ring is 1. The highest BCUT2D eigenvalue weighted by Gasteiger charge is 2.23. The van der Waals surface area contributed by atoms with Crippen LogP contribution in [0.2, 0.25) is 0 Å². The van der Waals surface area contributed by atoms with Gasteiger partial charge in [-0.1, -0.05) is 18.3 Å². The quantitative estimate of drug-likeness (QED) is 0.815. The van der Waals surface area contributed by atoms with Gasteiger partial charge in [-0.25, -0.2) is 9.78 Å². The van der Waals surface area contributed by atoms with Gasteiger partial charge in [0.05, 0.1) is 7.11 Å². The third-order valence-electron chi connectivity index (χ3n) is 2.94. The Hall–Kier alpha value is -1.30. The number of hydrogen-bond acceptors (Lipinski definition) is 6. The lowest BCUT2D eigenvalue weighted by atomic mass is 10.0. The molecule has 1 aliphatic rings. The number of anilines is 2. The predicted octanol–water partition coefficient (Wildman–Crippen LogP) is 1.75. The minimum Gasteiger partial charge on any atom is -0.465 e. The summed E-state index contributed by atoms with van der Waals surface area (Å²) in [5.41, 5.74) is 5.73. The maximum Gasteiger partial charge on any atom is 0.351 e. The van der Waals surface area contributed by atoms with E-state index in [1.165, 1.54) is 24.9 Å². The maximum atomic E-state index is 11.4. The molecule has 0 saturated carbocycles. The van der Waals surface area contributed by atoms with Gasteiger partial charge < -0.3 is 15.4 Å². The van der Waals surface area contributed by atoms with E-state index in [2.05, 4.69) is 21.5 Å². The molecule has 1 atom stereocenters. The number of carbonyl (C=O) groups excluding carboxylic acids is 1. The van der Waals surface area contributed by atoms with Gasteiger partial charge in [-0.15, -0.1) is 0 Å². The van der Waals surface area contributed by atoms with Crippen molar-refractivity contribution in [2.45, 2.75) is 19.8 Å². The molecule has 2 N–H and O–H groups in total.